The van der Waals surface area contributed by atoms with Crippen LogP contribution in [0.5, 0.6) is 0 Å². The summed E-state index contributed by atoms with van der Waals surface area (Å²) in [4.78, 5) is 2.59. The zero-order valence-electron chi connectivity index (χ0n) is 15.7. The molecule has 0 fully saturated rings. The molecular weight excluding hydrogens is 296 g/mol. The van der Waals surface area contributed by atoms with Gasteiger partial charge in [-0.1, -0.05) is 69.7 Å². The fourth-order valence-corrected chi connectivity index (χ4v) is 3.29. The van der Waals surface area contributed by atoms with Gasteiger partial charge >= 0.3 is 0 Å². The van der Waals surface area contributed by atoms with Gasteiger partial charge in [0.2, 0.25) is 0 Å². The largest absolute Gasteiger partial charge is 0.282 e. The highest BCUT2D eigenvalue weighted by Crippen LogP contribution is 2.20. The van der Waals surface area contributed by atoms with Crippen LogP contribution in [-0.2, 0) is 0 Å². The van der Waals surface area contributed by atoms with Gasteiger partial charge in [-0.2, -0.15) is 0 Å². The van der Waals surface area contributed by atoms with Crippen molar-refractivity contribution in [2.75, 3.05) is 13.1 Å². The van der Waals surface area contributed by atoms with Crippen molar-refractivity contribution in [3.63, 3.8) is 0 Å². The van der Waals surface area contributed by atoms with Gasteiger partial charge in [0.05, 0.1) is 5.52 Å². The first-order valence-corrected chi connectivity index (χ1v) is 9.81. The van der Waals surface area contributed by atoms with E-state index in [0.717, 1.165) is 24.1 Å². The number of unbranched alkanes of at least 4 members (excludes halogenated alkanes) is 6. The van der Waals surface area contributed by atoms with Crippen molar-refractivity contribution in [3.05, 3.63) is 24.3 Å². The van der Waals surface area contributed by atoms with E-state index in [-0.39, 0.29) is 6.17 Å². The molecule has 0 N–H and O–H groups in total. The van der Waals surface area contributed by atoms with Gasteiger partial charge in [0.25, 0.3) is 0 Å². The maximum atomic E-state index is 4.43. The van der Waals surface area contributed by atoms with Crippen LogP contribution in [0.3, 0.4) is 0 Å². The van der Waals surface area contributed by atoms with Crippen molar-refractivity contribution in [1.29, 1.82) is 0 Å². The number of benzene rings is 1. The van der Waals surface area contributed by atoms with E-state index in [1.807, 2.05) is 12.1 Å². The fraction of sp³-hybridized carbons (Fsp3) is 0.700. The molecule has 0 spiro atoms. The zero-order chi connectivity index (χ0) is 17.2. The number of aromatic nitrogens is 3. The normalized spacial score (nSPS) is 13.0. The van der Waals surface area contributed by atoms with E-state index in [2.05, 4.69) is 52.8 Å². The molecule has 0 saturated heterocycles. The summed E-state index contributed by atoms with van der Waals surface area (Å²) in [6.07, 6.45) is 10.7. The lowest BCUT2D eigenvalue weighted by Crippen LogP contribution is -2.33. The van der Waals surface area contributed by atoms with Crippen molar-refractivity contribution in [1.82, 2.24) is 19.9 Å². The Labute approximate surface area is 147 Å². The van der Waals surface area contributed by atoms with E-state index < -0.39 is 0 Å². The molecule has 2 rings (SSSR count). The molecule has 1 heterocycles. The van der Waals surface area contributed by atoms with Gasteiger partial charge in [0.1, 0.15) is 11.7 Å². The second kappa shape index (κ2) is 10.4. The lowest BCUT2D eigenvalue weighted by atomic mass is 10.1. The molecule has 0 aliphatic carbocycles. The van der Waals surface area contributed by atoms with Crippen molar-refractivity contribution in [2.45, 2.75) is 78.3 Å². The Balaban J connectivity index is 2.02. The van der Waals surface area contributed by atoms with E-state index in [0.29, 0.717) is 0 Å². The fourth-order valence-electron chi connectivity index (χ4n) is 3.29. The molecule has 0 bridgehead atoms. The van der Waals surface area contributed by atoms with Gasteiger partial charge < -0.3 is 0 Å². The Hall–Kier alpha value is -1.42. The van der Waals surface area contributed by atoms with Crippen molar-refractivity contribution in [2.24, 2.45) is 0 Å². The maximum Gasteiger partial charge on any atom is 0.113 e. The summed E-state index contributed by atoms with van der Waals surface area (Å²) in [5, 5.41) is 8.76. The monoisotopic (exact) mass is 330 g/mol. The minimum Gasteiger partial charge on any atom is -0.282 e. The number of hydrogen-bond acceptors (Lipinski definition) is 3. The molecule has 0 radical (unpaired) electrons. The number of fused-ring (bicyclic) bond motifs is 1. The third-order valence-electron chi connectivity index (χ3n) is 4.86. The number of nitrogens with zero attached hydrogens (tertiary/aromatic N) is 4. The average Bonchev–Trinajstić information content (AvgIpc) is 3.04. The van der Waals surface area contributed by atoms with Crippen LogP contribution in [0, 0.1) is 0 Å². The molecule has 0 saturated carbocycles. The molecule has 134 valence electrons. The van der Waals surface area contributed by atoms with Crippen LogP contribution in [0.25, 0.3) is 11.0 Å². The SMILES string of the molecule is CCCCCCN(CCCCCC)C(C)n1nnc2ccccc21. The quantitative estimate of drug-likeness (QED) is 0.488. The Morgan fingerprint density at radius 1 is 0.917 bits per heavy atom. The first-order chi connectivity index (χ1) is 11.8. The van der Waals surface area contributed by atoms with Crippen molar-refractivity contribution < 1.29 is 0 Å². The van der Waals surface area contributed by atoms with Gasteiger partial charge in [0.15, 0.2) is 0 Å². The lowest BCUT2D eigenvalue weighted by molar-refractivity contribution is 0.138. The Bertz CT molecular complexity index is 566. The molecule has 2 aromatic rings. The summed E-state index contributed by atoms with van der Waals surface area (Å²) in [7, 11) is 0. The number of para-hydroxylation sites is 1. The minimum absolute atomic E-state index is 0.264. The van der Waals surface area contributed by atoms with Crippen LogP contribution in [-0.4, -0.2) is 33.0 Å². The Morgan fingerprint density at radius 2 is 1.54 bits per heavy atom. The molecule has 1 unspecified atom stereocenters. The Kier molecular flexibility index (Phi) is 8.23. The molecule has 1 aromatic carbocycles. The zero-order valence-corrected chi connectivity index (χ0v) is 15.7. The number of hydrogen-bond donors (Lipinski definition) is 0. The molecule has 24 heavy (non-hydrogen) atoms. The van der Waals surface area contributed by atoms with E-state index >= 15 is 0 Å². The average molecular weight is 331 g/mol. The summed E-state index contributed by atoms with van der Waals surface area (Å²) in [6.45, 7) is 9.11. The van der Waals surface area contributed by atoms with Crippen LogP contribution in [0.2, 0.25) is 0 Å². The van der Waals surface area contributed by atoms with Crippen LogP contribution in [0.1, 0.15) is 78.3 Å². The third-order valence-corrected chi connectivity index (χ3v) is 4.86. The highest BCUT2D eigenvalue weighted by atomic mass is 15.5. The van der Waals surface area contributed by atoms with Crippen molar-refractivity contribution >= 4 is 11.0 Å². The maximum absolute atomic E-state index is 4.43. The lowest BCUT2D eigenvalue weighted by Gasteiger charge is -2.29. The van der Waals surface area contributed by atoms with Gasteiger partial charge in [0, 0.05) is 13.1 Å². The summed E-state index contributed by atoms with van der Waals surface area (Å²) < 4.78 is 2.09. The van der Waals surface area contributed by atoms with Gasteiger partial charge in [-0.05, 0) is 31.9 Å². The highest BCUT2D eigenvalue weighted by molar-refractivity contribution is 5.73. The highest BCUT2D eigenvalue weighted by Gasteiger charge is 2.18. The van der Waals surface area contributed by atoms with E-state index in [4.69, 9.17) is 0 Å². The smallest absolute Gasteiger partial charge is 0.113 e. The molecule has 0 aliphatic heterocycles. The molecule has 1 atom stereocenters. The summed E-state index contributed by atoms with van der Waals surface area (Å²) >= 11 is 0. The summed E-state index contributed by atoms with van der Waals surface area (Å²) in [6, 6.07) is 8.26. The van der Waals surface area contributed by atoms with Gasteiger partial charge in [-0.15, -0.1) is 5.10 Å². The molecule has 0 amide bonds. The van der Waals surface area contributed by atoms with Crippen LogP contribution in [0.4, 0.5) is 0 Å². The van der Waals surface area contributed by atoms with Gasteiger partial charge in [-0.25, -0.2) is 4.68 Å². The van der Waals surface area contributed by atoms with E-state index in [1.165, 1.54) is 51.4 Å². The molecule has 0 aliphatic rings. The van der Waals surface area contributed by atoms with Gasteiger partial charge in [-0.3, -0.25) is 4.90 Å². The summed E-state index contributed by atoms with van der Waals surface area (Å²) in [5.41, 5.74) is 2.12. The van der Waals surface area contributed by atoms with Crippen molar-refractivity contribution in [3.8, 4) is 0 Å². The first kappa shape index (κ1) is 18.9. The molecule has 1 aromatic heterocycles. The predicted octanol–water partition coefficient (Wildman–Crippen LogP) is 5.41. The van der Waals surface area contributed by atoms with Crippen LogP contribution >= 0.6 is 0 Å². The Morgan fingerprint density at radius 3 is 2.17 bits per heavy atom. The van der Waals surface area contributed by atoms with E-state index in [9.17, 15) is 0 Å². The van der Waals surface area contributed by atoms with E-state index in [1.54, 1.807) is 0 Å². The predicted molar refractivity (Wildman–Crippen MR) is 102 cm³/mol. The second-order valence-electron chi connectivity index (χ2n) is 6.81. The first-order valence-electron chi connectivity index (χ1n) is 9.81. The summed E-state index contributed by atoms with van der Waals surface area (Å²) in [5.74, 6) is 0. The van der Waals surface area contributed by atoms with Crippen LogP contribution in [0.15, 0.2) is 24.3 Å². The van der Waals surface area contributed by atoms with Crippen LogP contribution < -0.4 is 0 Å². The number of rotatable bonds is 12. The second-order valence-corrected chi connectivity index (χ2v) is 6.81. The third kappa shape index (κ3) is 5.30. The standard InChI is InChI=1S/C20H34N4/c1-4-6-8-12-16-23(17-13-9-7-5-2)18(3)24-20-15-11-10-14-19(20)21-22-24/h10-11,14-15,18H,4-9,12-13,16-17H2,1-3H3. The molecule has 4 heteroatoms. The molecule has 4 nitrogen and oxygen atoms in total. The minimum atomic E-state index is 0.264. The topological polar surface area (TPSA) is 34.0 Å². The molecular formula is C20H34N4.